The van der Waals surface area contributed by atoms with Crippen LogP contribution in [0, 0.1) is 0 Å². The molecule has 4 aromatic carbocycles. The Bertz CT molecular complexity index is 1870. The van der Waals surface area contributed by atoms with Crippen molar-refractivity contribution in [2.24, 2.45) is 0 Å². The van der Waals surface area contributed by atoms with Crippen molar-refractivity contribution in [1.82, 2.24) is 9.97 Å². The minimum atomic E-state index is -0.344. The number of benzene rings is 4. The van der Waals surface area contributed by atoms with Crippen molar-refractivity contribution < 1.29 is 14.3 Å². The van der Waals surface area contributed by atoms with Gasteiger partial charge in [-0.25, -0.2) is 9.97 Å². The van der Waals surface area contributed by atoms with Crippen LogP contribution in [0.25, 0.3) is 42.0 Å². The van der Waals surface area contributed by atoms with Gasteiger partial charge in [-0.1, -0.05) is 59.1 Å². The second kappa shape index (κ2) is 8.81. The van der Waals surface area contributed by atoms with Crippen molar-refractivity contribution in [2.75, 3.05) is 23.8 Å². The first-order chi connectivity index (χ1) is 19.1. The number of amides is 2. The molecule has 6 aromatic rings. The molecule has 9 heteroatoms. The number of nitrogens with one attached hydrogen (secondary N) is 2. The van der Waals surface area contributed by atoms with Gasteiger partial charge in [0.25, 0.3) is 11.8 Å². The molecule has 2 N–H and O–H groups in total. The lowest BCUT2D eigenvalue weighted by Crippen LogP contribution is -2.23. The van der Waals surface area contributed by atoms with Gasteiger partial charge in [0.1, 0.15) is 13.2 Å². The Balaban J connectivity index is 0.917. The highest BCUT2D eigenvalue weighted by molar-refractivity contribution is 7.22. The summed E-state index contributed by atoms with van der Waals surface area (Å²) in [7, 11) is 0. The smallest absolute Gasteiger partial charge is 0.252 e. The molecule has 2 aliphatic rings. The maximum absolute atomic E-state index is 12.5. The highest BCUT2D eigenvalue weighted by atomic mass is 32.1. The highest BCUT2D eigenvalue weighted by Gasteiger charge is 2.20. The van der Waals surface area contributed by atoms with Gasteiger partial charge in [0.05, 0.1) is 20.4 Å². The molecular formula is C30H22N4O3S2. The number of thiazole rings is 2. The van der Waals surface area contributed by atoms with Gasteiger partial charge in [0, 0.05) is 10.8 Å². The summed E-state index contributed by atoms with van der Waals surface area (Å²) in [4.78, 5) is 34.4. The van der Waals surface area contributed by atoms with E-state index in [1.54, 1.807) is 0 Å². The third-order valence-corrected chi connectivity index (χ3v) is 9.49. The van der Waals surface area contributed by atoms with E-state index >= 15 is 0 Å². The average Bonchev–Trinajstić information content (AvgIpc) is 3.71. The summed E-state index contributed by atoms with van der Waals surface area (Å²) in [5, 5.41) is 11.6. The van der Waals surface area contributed by atoms with Crippen LogP contribution in [-0.2, 0) is 40.0 Å². The van der Waals surface area contributed by atoms with Crippen molar-refractivity contribution >= 4 is 86.7 Å². The Hall–Kier alpha value is -3.92. The second-order valence-corrected chi connectivity index (χ2v) is 12.1. The summed E-state index contributed by atoms with van der Waals surface area (Å²) in [5.74, 6) is -0.688. The molecular weight excluding hydrogens is 528 g/mol. The molecule has 2 amide bonds. The minimum absolute atomic E-state index is 0.240. The number of aryl methyl sites for hydroxylation is 4. The summed E-state index contributed by atoms with van der Waals surface area (Å²) < 4.78 is 7.53. The van der Waals surface area contributed by atoms with E-state index in [9.17, 15) is 9.59 Å². The number of hydrogen-bond donors (Lipinski definition) is 2. The number of nitrogens with zero attached hydrogens (tertiary/aromatic N) is 2. The van der Waals surface area contributed by atoms with Crippen molar-refractivity contribution in [3.63, 3.8) is 0 Å². The van der Waals surface area contributed by atoms with Crippen LogP contribution in [0.2, 0.25) is 0 Å². The Morgan fingerprint density at radius 3 is 1.64 bits per heavy atom. The molecule has 0 spiro atoms. The van der Waals surface area contributed by atoms with Crippen molar-refractivity contribution in [3.8, 4) is 0 Å². The number of ether oxygens (including phenoxy) is 1. The van der Waals surface area contributed by atoms with Gasteiger partial charge in [-0.3, -0.25) is 20.2 Å². The lowest BCUT2D eigenvalue weighted by molar-refractivity contribution is -0.125. The van der Waals surface area contributed by atoms with E-state index in [-0.39, 0.29) is 25.0 Å². The van der Waals surface area contributed by atoms with Gasteiger partial charge in [-0.2, -0.15) is 0 Å². The molecule has 2 aromatic heterocycles. The largest absolute Gasteiger partial charge is 0.362 e. The molecule has 0 unspecified atom stereocenters. The standard InChI is InChI=1S/C30H22N4O3S2/c35-23(31-29-33-27-19-5-1-3-15-7-9-17(25(15)19)11-21(27)38-29)13-37-14-24(36)32-30-34-28-20-6-2-4-16-8-10-18(26(16)20)12-22(28)39-30/h1-6,11-12H,7-10,13-14H2,(H,31,33,35)(H,32,34,36). The highest BCUT2D eigenvalue weighted by Crippen LogP contribution is 2.40. The first kappa shape index (κ1) is 23.0. The zero-order chi connectivity index (χ0) is 26.1. The van der Waals surface area contributed by atoms with Crippen LogP contribution >= 0.6 is 22.7 Å². The first-order valence-corrected chi connectivity index (χ1v) is 14.6. The van der Waals surface area contributed by atoms with Gasteiger partial charge < -0.3 is 4.74 Å². The quantitative estimate of drug-likeness (QED) is 0.265. The van der Waals surface area contributed by atoms with Gasteiger partial charge >= 0.3 is 0 Å². The number of carbonyl (C=O) groups excluding carboxylic acids is 2. The predicted molar refractivity (Wildman–Crippen MR) is 157 cm³/mol. The molecule has 0 aliphatic heterocycles. The van der Waals surface area contributed by atoms with Gasteiger partial charge in [0.15, 0.2) is 10.3 Å². The van der Waals surface area contributed by atoms with E-state index < -0.39 is 0 Å². The maximum atomic E-state index is 12.5. The predicted octanol–water partition coefficient (Wildman–Crippen LogP) is 6.00. The molecule has 39 heavy (non-hydrogen) atoms. The monoisotopic (exact) mass is 550 g/mol. The minimum Gasteiger partial charge on any atom is -0.362 e. The normalized spacial score (nSPS) is 13.7. The lowest BCUT2D eigenvalue weighted by Gasteiger charge is -2.04. The number of fused-ring (bicyclic) bond motifs is 4. The Morgan fingerprint density at radius 1 is 0.692 bits per heavy atom. The second-order valence-electron chi connectivity index (χ2n) is 10.1. The fourth-order valence-corrected chi connectivity index (χ4v) is 7.99. The van der Waals surface area contributed by atoms with Crippen molar-refractivity contribution in [2.45, 2.75) is 25.7 Å². The van der Waals surface area contributed by atoms with E-state index in [0.717, 1.165) is 56.9 Å². The summed E-state index contributed by atoms with van der Waals surface area (Å²) in [6.45, 7) is -0.480. The zero-order valence-electron chi connectivity index (χ0n) is 20.8. The van der Waals surface area contributed by atoms with E-state index in [0.29, 0.717) is 10.3 Å². The van der Waals surface area contributed by atoms with E-state index in [1.807, 2.05) is 0 Å². The van der Waals surface area contributed by atoms with Crippen LogP contribution in [0.4, 0.5) is 10.3 Å². The number of rotatable bonds is 6. The molecule has 0 radical (unpaired) electrons. The van der Waals surface area contributed by atoms with Crippen LogP contribution in [0.15, 0.2) is 48.5 Å². The molecule has 2 heterocycles. The first-order valence-electron chi connectivity index (χ1n) is 13.0. The zero-order valence-corrected chi connectivity index (χ0v) is 22.4. The SMILES string of the molecule is O=C(COCC(=O)Nc1nc2c(cc3c4c(cccc42)CC3)s1)Nc1nc2c(cc3c4c(cccc42)CC3)s1. The number of hydrogen-bond acceptors (Lipinski definition) is 7. The van der Waals surface area contributed by atoms with Crippen LogP contribution < -0.4 is 10.6 Å². The number of anilines is 2. The fourth-order valence-electron chi connectivity index (χ4n) is 6.06. The van der Waals surface area contributed by atoms with Crippen LogP contribution in [0.5, 0.6) is 0 Å². The maximum Gasteiger partial charge on any atom is 0.252 e. The molecule has 0 saturated carbocycles. The Morgan fingerprint density at radius 2 is 1.15 bits per heavy atom. The molecule has 8 rings (SSSR count). The van der Waals surface area contributed by atoms with E-state index in [2.05, 4.69) is 59.2 Å². The number of aromatic nitrogens is 2. The van der Waals surface area contributed by atoms with Gasteiger partial charge in [-0.05, 0) is 70.8 Å². The molecule has 0 fully saturated rings. The van der Waals surface area contributed by atoms with Crippen molar-refractivity contribution in [1.29, 1.82) is 0 Å². The summed E-state index contributed by atoms with van der Waals surface area (Å²) in [6, 6.07) is 17.1. The number of carbonyl (C=O) groups is 2. The molecule has 2 aliphatic carbocycles. The van der Waals surface area contributed by atoms with E-state index in [1.165, 1.54) is 55.7 Å². The third-order valence-electron chi connectivity index (χ3n) is 7.66. The van der Waals surface area contributed by atoms with E-state index in [4.69, 9.17) is 14.7 Å². The van der Waals surface area contributed by atoms with Crippen molar-refractivity contribution in [3.05, 3.63) is 70.8 Å². The average molecular weight is 551 g/mol. The molecule has 0 bridgehead atoms. The van der Waals surface area contributed by atoms with Crippen LogP contribution in [0.3, 0.4) is 0 Å². The van der Waals surface area contributed by atoms with Crippen LogP contribution in [0.1, 0.15) is 22.3 Å². The topological polar surface area (TPSA) is 93.2 Å². The summed E-state index contributed by atoms with van der Waals surface area (Å²) >= 11 is 2.92. The molecule has 0 atom stereocenters. The summed E-state index contributed by atoms with van der Waals surface area (Å²) in [6.07, 6.45) is 4.21. The third kappa shape index (κ3) is 3.80. The lowest BCUT2D eigenvalue weighted by atomic mass is 10.0. The Kier molecular flexibility index (Phi) is 5.19. The van der Waals surface area contributed by atoms with Gasteiger partial charge in [0.2, 0.25) is 0 Å². The molecule has 192 valence electrons. The fraction of sp³-hybridized carbons (Fsp3) is 0.200. The van der Waals surface area contributed by atoms with Gasteiger partial charge in [-0.15, -0.1) is 0 Å². The molecule has 0 saturated heterocycles. The summed E-state index contributed by atoms with van der Waals surface area (Å²) in [5.41, 5.74) is 7.24. The molecule has 7 nitrogen and oxygen atoms in total. The van der Waals surface area contributed by atoms with Crippen LogP contribution in [-0.4, -0.2) is 35.0 Å². The Labute approximate surface area is 230 Å².